The zero-order valence-electron chi connectivity index (χ0n) is 18.4. The molecule has 1 N–H and O–H groups in total. The van der Waals surface area contributed by atoms with Gasteiger partial charge in [0.05, 0.1) is 18.4 Å². The van der Waals surface area contributed by atoms with Crippen LogP contribution in [0.15, 0.2) is 42.7 Å². The van der Waals surface area contributed by atoms with E-state index < -0.39 is 6.04 Å². The van der Waals surface area contributed by atoms with Gasteiger partial charge in [0.1, 0.15) is 6.04 Å². The molecule has 0 spiro atoms. The first-order chi connectivity index (χ1) is 15.6. The van der Waals surface area contributed by atoms with Crippen molar-refractivity contribution in [3.63, 3.8) is 0 Å². The molecule has 170 valence electrons. The van der Waals surface area contributed by atoms with Gasteiger partial charge in [-0.25, -0.2) is 0 Å². The van der Waals surface area contributed by atoms with Crippen LogP contribution >= 0.6 is 11.8 Å². The summed E-state index contributed by atoms with van der Waals surface area (Å²) in [6.07, 6.45) is 9.58. The van der Waals surface area contributed by atoms with Crippen molar-refractivity contribution in [2.75, 3.05) is 12.0 Å². The molecule has 2 heterocycles. The lowest BCUT2D eigenvalue weighted by Gasteiger charge is -2.26. The normalized spacial score (nSPS) is 21.5. The molecule has 1 aromatic carbocycles. The van der Waals surface area contributed by atoms with E-state index in [-0.39, 0.29) is 29.6 Å². The van der Waals surface area contributed by atoms with Gasteiger partial charge in [-0.05, 0) is 48.5 Å². The van der Waals surface area contributed by atoms with Gasteiger partial charge < -0.3 is 5.32 Å². The fourth-order valence-electron chi connectivity index (χ4n) is 4.75. The Labute approximate surface area is 192 Å². The Hall–Kier alpha value is -2.61. The van der Waals surface area contributed by atoms with Crippen LogP contribution in [0.2, 0.25) is 0 Å². The molecule has 3 amide bonds. The van der Waals surface area contributed by atoms with E-state index in [2.05, 4.69) is 10.4 Å². The molecule has 1 aliphatic heterocycles. The fraction of sp³-hybridized carbons (Fsp3) is 0.500. The van der Waals surface area contributed by atoms with Gasteiger partial charge in [-0.1, -0.05) is 37.1 Å². The molecule has 2 fully saturated rings. The minimum Gasteiger partial charge on any atom is -0.350 e. The van der Waals surface area contributed by atoms with E-state index in [9.17, 15) is 14.4 Å². The number of benzene rings is 1. The third-order valence-corrected chi connectivity index (χ3v) is 7.12. The second-order valence-electron chi connectivity index (χ2n) is 8.58. The molecule has 1 saturated carbocycles. The molecule has 2 aromatic rings. The quantitative estimate of drug-likeness (QED) is 0.589. The number of carbonyl (C=O) groups is 3. The molecule has 32 heavy (non-hydrogen) atoms. The summed E-state index contributed by atoms with van der Waals surface area (Å²) in [4.78, 5) is 40.4. The molecule has 1 aromatic heterocycles. The minimum atomic E-state index is -0.730. The Morgan fingerprint density at radius 1 is 1.12 bits per heavy atom. The van der Waals surface area contributed by atoms with E-state index in [0.29, 0.717) is 25.3 Å². The molecule has 1 saturated heterocycles. The zero-order chi connectivity index (χ0) is 22.5. The maximum atomic E-state index is 13.1. The fourth-order valence-corrected chi connectivity index (χ4v) is 5.21. The maximum absolute atomic E-state index is 13.1. The smallest absolute Gasteiger partial charge is 0.243 e. The number of fused-ring (bicyclic) bond motifs is 1. The highest BCUT2D eigenvalue weighted by Gasteiger charge is 2.51. The Morgan fingerprint density at radius 3 is 2.38 bits per heavy atom. The van der Waals surface area contributed by atoms with E-state index in [1.807, 2.05) is 47.5 Å². The van der Waals surface area contributed by atoms with Crippen molar-refractivity contribution in [1.82, 2.24) is 20.0 Å². The standard InChI is InChI=1S/C24H30N4O3S/c1-32-14-11-21(28-23(30)19-5-2-3-6-20(19)24(28)31)22(29)25-15-17-7-9-18(10-8-17)16-27-13-4-12-26-27/h4,7-10,12-13,19-21H,2-3,5-6,11,14-16H2,1H3,(H,25,29)/t19-,20+,21-/m0/s1. The molecular formula is C24H30N4O3S. The summed E-state index contributed by atoms with van der Waals surface area (Å²) in [5.74, 6) is -0.300. The lowest BCUT2D eigenvalue weighted by Crippen LogP contribution is -2.50. The van der Waals surface area contributed by atoms with Crippen LogP contribution in [0.3, 0.4) is 0 Å². The molecule has 0 unspecified atom stereocenters. The van der Waals surface area contributed by atoms with Gasteiger partial charge >= 0.3 is 0 Å². The van der Waals surface area contributed by atoms with Gasteiger partial charge in [-0.3, -0.25) is 24.0 Å². The summed E-state index contributed by atoms with van der Waals surface area (Å²) in [5, 5.41) is 7.17. The predicted octanol–water partition coefficient (Wildman–Crippen LogP) is 2.84. The number of likely N-dealkylation sites (tertiary alicyclic amines) is 1. The third-order valence-electron chi connectivity index (χ3n) is 6.48. The molecule has 8 heteroatoms. The Bertz CT molecular complexity index is 921. The van der Waals surface area contributed by atoms with Gasteiger partial charge in [0, 0.05) is 18.9 Å². The summed E-state index contributed by atoms with van der Waals surface area (Å²) < 4.78 is 1.86. The van der Waals surface area contributed by atoms with Crippen molar-refractivity contribution < 1.29 is 14.4 Å². The van der Waals surface area contributed by atoms with E-state index in [1.54, 1.807) is 18.0 Å². The van der Waals surface area contributed by atoms with Gasteiger partial charge in [0.25, 0.3) is 0 Å². The molecule has 1 aliphatic carbocycles. The lowest BCUT2D eigenvalue weighted by atomic mass is 9.81. The van der Waals surface area contributed by atoms with Crippen molar-refractivity contribution in [3.8, 4) is 0 Å². The number of carbonyl (C=O) groups excluding carboxylic acids is 3. The summed E-state index contributed by atoms with van der Waals surface area (Å²) in [5.41, 5.74) is 2.09. The molecule has 3 atom stereocenters. The van der Waals surface area contributed by atoms with Crippen LogP contribution in [-0.4, -0.2) is 50.5 Å². The van der Waals surface area contributed by atoms with Gasteiger partial charge in [-0.2, -0.15) is 16.9 Å². The number of aromatic nitrogens is 2. The largest absolute Gasteiger partial charge is 0.350 e. The molecular weight excluding hydrogens is 424 g/mol. The molecule has 7 nitrogen and oxygen atoms in total. The van der Waals surface area contributed by atoms with Crippen LogP contribution in [0.25, 0.3) is 0 Å². The van der Waals surface area contributed by atoms with Gasteiger partial charge in [-0.15, -0.1) is 0 Å². The van der Waals surface area contributed by atoms with E-state index in [0.717, 1.165) is 36.8 Å². The number of nitrogens with one attached hydrogen (secondary N) is 1. The SMILES string of the molecule is CSCC[C@@H](C(=O)NCc1ccc(Cn2cccn2)cc1)N1C(=O)[C@H]2CCCC[C@H]2C1=O. The van der Waals surface area contributed by atoms with Crippen molar-refractivity contribution in [1.29, 1.82) is 0 Å². The van der Waals surface area contributed by atoms with E-state index >= 15 is 0 Å². The second kappa shape index (κ2) is 10.3. The number of hydrogen-bond acceptors (Lipinski definition) is 5. The highest BCUT2D eigenvalue weighted by atomic mass is 32.2. The number of hydrogen-bond donors (Lipinski definition) is 1. The highest BCUT2D eigenvalue weighted by Crippen LogP contribution is 2.39. The van der Waals surface area contributed by atoms with Crippen molar-refractivity contribution >= 4 is 29.5 Å². The third kappa shape index (κ3) is 4.90. The van der Waals surface area contributed by atoms with E-state index in [1.165, 1.54) is 4.90 Å². The first-order valence-electron chi connectivity index (χ1n) is 11.3. The molecule has 0 bridgehead atoms. The molecule has 0 radical (unpaired) electrons. The highest BCUT2D eigenvalue weighted by molar-refractivity contribution is 7.98. The number of rotatable bonds is 9. The Balaban J connectivity index is 1.40. The number of nitrogens with zero attached hydrogens (tertiary/aromatic N) is 3. The van der Waals surface area contributed by atoms with E-state index in [4.69, 9.17) is 0 Å². The van der Waals surface area contributed by atoms with Crippen molar-refractivity contribution in [3.05, 3.63) is 53.9 Å². The lowest BCUT2D eigenvalue weighted by molar-refractivity contribution is -0.148. The Kier molecular flexibility index (Phi) is 7.29. The van der Waals surface area contributed by atoms with Gasteiger partial charge in [0.2, 0.25) is 17.7 Å². The molecule has 4 rings (SSSR count). The first-order valence-corrected chi connectivity index (χ1v) is 12.7. The topological polar surface area (TPSA) is 84.3 Å². The van der Waals surface area contributed by atoms with Crippen LogP contribution in [0.4, 0.5) is 0 Å². The number of amides is 3. The summed E-state index contributed by atoms with van der Waals surface area (Å²) >= 11 is 1.62. The maximum Gasteiger partial charge on any atom is 0.243 e. The summed E-state index contributed by atoms with van der Waals surface area (Å²) in [6.45, 7) is 1.05. The zero-order valence-corrected chi connectivity index (χ0v) is 19.2. The summed E-state index contributed by atoms with van der Waals surface area (Å²) in [7, 11) is 0. The Morgan fingerprint density at radius 2 is 1.78 bits per heavy atom. The monoisotopic (exact) mass is 454 g/mol. The summed E-state index contributed by atoms with van der Waals surface area (Å²) in [6, 6.07) is 9.17. The van der Waals surface area contributed by atoms with Crippen LogP contribution in [0, 0.1) is 11.8 Å². The average Bonchev–Trinajstić information content (AvgIpc) is 3.41. The number of thioether (sulfide) groups is 1. The van der Waals surface area contributed by atoms with Crippen LogP contribution in [-0.2, 0) is 27.5 Å². The van der Waals surface area contributed by atoms with Crippen LogP contribution in [0.1, 0.15) is 43.2 Å². The van der Waals surface area contributed by atoms with Crippen molar-refractivity contribution in [2.24, 2.45) is 11.8 Å². The first kappa shape index (κ1) is 22.6. The number of imide groups is 1. The predicted molar refractivity (Wildman–Crippen MR) is 124 cm³/mol. The van der Waals surface area contributed by atoms with Crippen LogP contribution < -0.4 is 5.32 Å². The van der Waals surface area contributed by atoms with Gasteiger partial charge in [0.15, 0.2) is 0 Å². The van der Waals surface area contributed by atoms with Crippen molar-refractivity contribution in [2.45, 2.75) is 51.2 Å². The average molecular weight is 455 g/mol. The van der Waals surface area contributed by atoms with Crippen LogP contribution in [0.5, 0.6) is 0 Å². The second-order valence-corrected chi connectivity index (χ2v) is 9.56. The minimum absolute atomic E-state index is 0.149. The molecule has 2 aliphatic rings.